The zero-order valence-corrected chi connectivity index (χ0v) is 18.0. The van der Waals surface area contributed by atoms with Gasteiger partial charge >= 0.3 is 12.5 Å². The van der Waals surface area contributed by atoms with Gasteiger partial charge in [0.1, 0.15) is 17.9 Å². The maximum Gasteiger partial charge on any atom is 0.573 e. The lowest BCUT2D eigenvalue weighted by molar-refractivity contribution is -0.274. The summed E-state index contributed by atoms with van der Waals surface area (Å²) >= 11 is 5.91. The quantitative estimate of drug-likeness (QED) is 0.587. The second kappa shape index (κ2) is 9.92. The summed E-state index contributed by atoms with van der Waals surface area (Å²) in [4.78, 5) is 18.3. The molecule has 0 bridgehead atoms. The molecule has 0 spiro atoms. The minimum absolute atomic E-state index is 0.0554. The van der Waals surface area contributed by atoms with Crippen molar-refractivity contribution in [1.82, 2.24) is 14.5 Å². The number of hydrogen-bond acceptors (Lipinski definition) is 5. The smallest absolute Gasteiger partial charge is 0.444 e. The second-order valence-electron chi connectivity index (χ2n) is 7.66. The van der Waals surface area contributed by atoms with Crippen molar-refractivity contribution in [2.75, 3.05) is 6.54 Å². The summed E-state index contributed by atoms with van der Waals surface area (Å²) in [5.74, 6) is -0.523. The van der Waals surface area contributed by atoms with Crippen molar-refractivity contribution in [1.29, 1.82) is 5.26 Å². The second-order valence-corrected chi connectivity index (χ2v) is 8.07. The van der Waals surface area contributed by atoms with Crippen LogP contribution in [-0.4, -0.2) is 39.1 Å². The van der Waals surface area contributed by atoms with E-state index in [4.69, 9.17) is 21.6 Å². The van der Waals surface area contributed by atoms with Crippen molar-refractivity contribution in [3.63, 3.8) is 0 Å². The molecule has 168 valence electrons. The molecule has 0 aliphatic heterocycles. The molecule has 1 aromatic heterocycles. The van der Waals surface area contributed by atoms with E-state index in [0.29, 0.717) is 17.7 Å². The number of amides is 1. The molecule has 0 saturated carbocycles. The Labute approximate surface area is 182 Å². The molecule has 0 radical (unpaired) electrons. The highest BCUT2D eigenvalue weighted by Crippen LogP contribution is 2.31. The van der Waals surface area contributed by atoms with E-state index in [9.17, 15) is 18.0 Å². The minimum Gasteiger partial charge on any atom is -0.444 e. The van der Waals surface area contributed by atoms with E-state index in [-0.39, 0.29) is 24.7 Å². The zero-order chi connectivity index (χ0) is 23.2. The first kappa shape index (κ1) is 24.3. The third kappa shape index (κ3) is 8.38. The highest BCUT2D eigenvalue weighted by molar-refractivity contribution is 6.32. The van der Waals surface area contributed by atoms with Crippen LogP contribution >= 0.6 is 11.6 Å². The van der Waals surface area contributed by atoms with E-state index in [2.05, 4.69) is 9.72 Å². The van der Waals surface area contributed by atoms with E-state index < -0.39 is 23.8 Å². The number of carbonyl (C=O) groups is 1. The first-order valence-electron chi connectivity index (χ1n) is 9.26. The van der Waals surface area contributed by atoms with Gasteiger partial charge in [-0.15, -0.1) is 13.2 Å². The number of hydrogen-bond donors (Lipinski definition) is 0. The lowest BCUT2D eigenvalue weighted by atomic mass is 10.2. The largest absolute Gasteiger partial charge is 0.573 e. The number of ether oxygens (including phenoxy) is 2. The molecule has 0 N–H and O–H groups in total. The molecule has 1 aromatic carbocycles. The Morgan fingerprint density at radius 2 is 2.03 bits per heavy atom. The standard InChI is InChI=1S/C20H22ClF3N4O3/c1-19(2,3)31-18(29)28(8-6-15-12-27(9-7-25)13-26-15)11-14-4-5-17(16(21)10-14)30-20(22,23)24/h4-5,10,12-13H,6,8-9,11H2,1-3H3. The first-order chi connectivity index (χ1) is 14.4. The molecule has 2 aromatic rings. The number of benzene rings is 1. The van der Waals surface area contributed by atoms with Gasteiger partial charge in [0.15, 0.2) is 0 Å². The fraction of sp³-hybridized carbons (Fsp3) is 0.450. The van der Waals surface area contributed by atoms with Gasteiger partial charge in [0.2, 0.25) is 0 Å². The van der Waals surface area contributed by atoms with Crippen LogP contribution in [0.5, 0.6) is 5.75 Å². The maximum absolute atomic E-state index is 12.7. The van der Waals surface area contributed by atoms with Gasteiger partial charge in [0.25, 0.3) is 0 Å². The van der Waals surface area contributed by atoms with Gasteiger partial charge in [-0.2, -0.15) is 5.26 Å². The van der Waals surface area contributed by atoms with Crippen molar-refractivity contribution >= 4 is 17.7 Å². The molecule has 2 rings (SSSR count). The molecule has 11 heteroatoms. The van der Waals surface area contributed by atoms with Gasteiger partial charge in [-0.3, -0.25) is 0 Å². The van der Waals surface area contributed by atoms with Crippen LogP contribution in [0.3, 0.4) is 0 Å². The van der Waals surface area contributed by atoms with Crippen LogP contribution in [0.15, 0.2) is 30.7 Å². The topological polar surface area (TPSA) is 80.4 Å². The molecule has 0 saturated heterocycles. The van der Waals surface area contributed by atoms with Crippen molar-refractivity contribution in [3.05, 3.63) is 47.0 Å². The number of nitriles is 1. The Hall–Kier alpha value is -2.93. The number of aromatic nitrogens is 2. The van der Waals surface area contributed by atoms with E-state index >= 15 is 0 Å². The van der Waals surface area contributed by atoms with Crippen LogP contribution in [0.2, 0.25) is 5.02 Å². The van der Waals surface area contributed by atoms with Crippen LogP contribution < -0.4 is 4.74 Å². The average molecular weight is 459 g/mol. The third-order valence-corrected chi connectivity index (χ3v) is 4.12. The number of nitrogens with zero attached hydrogens (tertiary/aromatic N) is 4. The van der Waals surface area contributed by atoms with Gasteiger partial charge in [-0.1, -0.05) is 17.7 Å². The lowest BCUT2D eigenvalue weighted by Crippen LogP contribution is -2.37. The van der Waals surface area contributed by atoms with Crippen molar-refractivity contribution < 1.29 is 27.4 Å². The molecule has 7 nitrogen and oxygen atoms in total. The Balaban J connectivity index is 2.15. The summed E-state index contributed by atoms with van der Waals surface area (Å²) in [6.07, 6.45) is -1.83. The number of halogens is 4. The molecule has 0 aliphatic rings. The molecule has 0 unspecified atom stereocenters. The predicted molar refractivity (Wildman–Crippen MR) is 106 cm³/mol. The van der Waals surface area contributed by atoms with Gasteiger partial charge in [0.05, 0.1) is 23.1 Å². The number of rotatable bonds is 7. The summed E-state index contributed by atoms with van der Waals surface area (Å²) in [7, 11) is 0. The first-order valence-corrected chi connectivity index (χ1v) is 9.64. The van der Waals surface area contributed by atoms with E-state index in [0.717, 1.165) is 6.07 Å². The fourth-order valence-corrected chi connectivity index (χ4v) is 2.83. The highest BCUT2D eigenvalue weighted by atomic mass is 35.5. The minimum atomic E-state index is -4.86. The van der Waals surface area contributed by atoms with E-state index in [1.165, 1.54) is 23.4 Å². The normalized spacial score (nSPS) is 11.7. The molecular weight excluding hydrogens is 437 g/mol. The van der Waals surface area contributed by atoms with Gasteiger partial charge in [-0.25, -0.2) is 9.78 Å². The monoisotopic (exact) mass is 458 g/mol. The Morgan fingerprint density at radius 1 is 1.32 bits per heavy atom. The van der Waals surface area contributed by atoms with Gasteiger partial charge < -0.3 is 18.9 Å². The Bertz CT molecular complexity index is 948. The van der Waals surface area contributed by atoms with E-state index in [1.807, 2.05) is 6.07 Å². The van der Waals surface area contributed by atoms with Gasteiger partial charge in [-0.05, 0) is 38.5 Å². The Kier molecular flexibility index (Phi) is 7.79. The van der Waals surface area contributed by atoms with Crippen LogP contribution in [-0.2, 0) is 24.2 Å². The molecule has 31 heavy (non-hydrogen) atoms. The summed E-state index contributed by atoms with van der Waals surface area (Å²) in [5.41, 5.74) is 0.447. The van der Waals surface area contributed by atoms with Crippen LogP contribution in [0.25, 0.3) is 0 Å². The van der Waals surface area contributed by atoms with Crippen LogP contribution in [0.1, 0.15) is 32.0 Å². The van der Waals surface area contributed by atoms with Crippen LogP contribution in [0, 0.1) is 11.3 Å². The predicted octanol–water partition coefficient (Wildman–Crippen LogP) is 4.94. The van der Waals surface area contributed by atoms with Crippen LogP contribution in [0.4, 0.5) is 18.0 Å². The van der Waals surface area contributed by atoms with Crippen molar-refractivity contribution in [2.45, 2.75) is 52.2 Å². The molecule has 0 fully saturated rings. The molecule has 0 atom stereocenters. The van der Waals surface area contributed by atoms with Gasteiger partial charge in [0, 0.05) is 25.7 Å². The van der Waals surface area contributed by atoms with Crippen molar-refractivity contribution in [2.24, 2.45) is 0 Å². The summed E-state index contributed by atoms with van der Waals surface area (Å²) in [5, 5.41) is 8.52. The molecule has 0 aliphatic carbocycles. The average Bonchev–Trinajstić information content (AvgIpc) is 3.06. The molecular formula is C20H22ClF3N4O3. The Morgan fingerprint density at radius 3 is 2.61 bits per heavy atom. The zero-order valence-electron chi connectivity index (χ0n) is 17.2. The van der Waals surface area contributed by atoms with E-state index in [1.54, 1.807) is 31.5 Å². The summed E-state index contributed by atoms with van der Waals surface area (Å²) < 4.78 is 48.2. The number of carbonyl (C=O) groups excluding carboxylic acids is 1. The number of imidazole rings is 1. The summed E-state index contributed by atoms with van der Waals surface area (Å²) in [6, 6.07) is 5.81. The van der Waals surface area contributed by atoms with Crippen molar-refractivity contribution in [3.8, 4) is 11.8 Å². The fourth-order valence-electron chi connectivity index (χ4n) is 2.59. The third-order valence-electron chi connectivity index (χ3n) is 3.82. The highest BCUT2D eigenvalue weighted by Gasteiger charge is 2.32. The number of alkyl halides is 3. The maximum atomic E-state index is 12.7. The molecule has 1 heterocycles. The summed E-state index contributed by atoms with van der Waals surface area (Å²) in [6.45, 7) is 5.64. The SMILES string of the molecule is CC(C)(C)OC(=O)N(CCc1cn(CC#N)cn1)Cc1ccc(OC(F)(F)F)c(Cl)c1. The lowest BCUT2D eigenvalue weighted by Gasteiger charge is -2.27. The molecule has 1 amide bonds.